The zero-order valence-corrected chi connectivity index (χ0v) is 12.1. The topological polar surface area (TPSA) is 15.3 Å². The Labute approximate surface area is 106 Å². The van der Waals surface area contributed by atoms with E-state index in [1.54, 1.807) is 0 Å². The van der Waals surface area contributed by atoms with Crippen molar-refractivity contribution in [1.29, 1.82) is 0 Å². The molecule has 0 amide bonds. The van der Waals surface area contributed by atoms with Crippen molar-refractivity contribution >= 4 is 11.8 Å². The summed E-state index contributed by atoms with van der Waals surface area (Å²) < 4.78 is 0. The van der Waals surface area contributed by atoms with E-state index < -0.39 is 0 Å². The first-order valence-corrected chi connectivity index (χ1v) is 7.85. The van der Waals surface area contributed by atoms with Gasteiger partial charge in [0.15, 0.2) is 0 Å². The van der Waals surface area contributed by atoms with Gasteiger partial charge < -0.3 is 5.32 Å². The fraction of sp³-hybridized carbons (Fsp3) is 1.00. The van der Waals surface area contributed by atoms with Crippen LogP contribution >= 0.6 is 11.8 Å². The lowest BCUT2D eigenvalue weighted by atomic mass is 10.0. The molecule has 1 rings (SSSR count). The largest absolute Gasteiger partial charge is 0.312 e. The maximum absolute atomic E-state index is 3.67. The first-order chi connectivity index (χ1) is 7.65. The van der Waals surface area contributed by atoms with Gasteiger partial charge in [-0.1, -0.05) is 20.8 Å². The highest BCUT2D eigenvalue weighted by Gasteiger charge is 2.23. The van der Waals surface area contributed by atoms with E-state index in [0.29, 0.717) is 6.04 Å². The standard InChI is InChI=1S/C13H28N2S/c1-5-16-10-12(4)15-8-6-7-14-13(9-15)11(2)3/h11-14H,5-10H2,1-4H3. The maximum Gasteiger partial charge on any atom is 0.0218 e. The molecular formula is C13H28N2S. The van der Waals surface area contributed by atoms with Gasteiger partial charge in [0.25, 0.3) is 0 Å². The summed E-state index contributed by atoms with van der Waals surface area (Å²) in [6.45, 7) is 13.0. The summed E-state index contributed by atoms with van der Waals surface area (Å²) >= 11 is 2.06. The molecular weight excluding hydrogens is 216 g/mol. The highest BCUT2D eigenvalue weighted by molar-refractivity contribution is 7.99. The summed E-state index contributed by atoms with van der Waals surface area (Å²) in [6, 6.07) is 1.41. The van der Waals surface area contributed by atoms with Gasteiger partial charge in [-0.15, -0.1) is 0 Å². The third kappa shape index (κ3) is 4.64. The van der Waals surface area contributed by atoms with Crippen LogP contribution in [0.25, 0.3) is 0 Å². The predicted octanol–water partition coefficient (Wildman–Crippen LogP) is 2.45. The third-order valence-corrected chi connectivity index (χ3v) is 4.58. The van der Waals surface area contributed by atoms with E-state index in [-0.39, 0.29) is 0 Å². The van der Waals surface area contributed by atoms with Crippen molar-refractivity contribution in [2.24, 2.45) is 5.92 Å². The van der Waals surface area contributed by atoms with Crippen LogP contribution in [0.2, 0.25) is 0 Å². The molecule has 1 fully saturated rings. The molecule has 1 N–H and O–H groups in total. The Balaban J connectivity index is 2.44. The lowest BCUT2D eigenvalue weighted by Gasteiger charge is -2.31. The van der Waals surface area contributed by atoms with Gasteiger partial charge in [0.05, 0.1) is 0 Å². The minimum atomic E-state index is 0.677. The van der Waals surface area contributed by atoms with Crippen molar-refractivity contribution in [3.63, 3.8) is 0 Å². The minimum Gasteiger partial charge on any atom is -0.312 e. The van der Waals surface area contributed by atoms with Gasteiger partial charge in [-0.3, -0.25) is 4.90 Å². The minimum absolute atomic E-state index is 0.677. The van der Waals surface area contributed by atoms with Crippen LogP contribution in [0.15, 0.2) is 0 Å². The van der Waals surface area contributed by atoms with Gasteiger partial charge >= 0.3 is 0 Å². The summed E-state index contributed by atoms with van der Waals surface area (Å²) in [5.74, 6) is 3.26. The predicted molar refractivity (Wildman–Crippen MR) is 75.3 cm³/mol. The number of hydrogen-bond donors (Lipinski definition) is 1. The molecule has 0 aliphatic carbocycles. The lowest BCUT2D eigenvalue weighted by molar-refractivity contribution is 0.205. The molecule has 16 heavy (non-hydrogen) atoms. The first kappa shape index (κ1) is 14.3. The zero-order valence-electron chi connectivity index (χ0n) is 11.3. The third-order valence-electron chi connectivity index (χ3n) is 3.45. The van der Waals surface area contributed by atoms with Crippen LogP contribution in [0, 0.1) is 5.92 Å². The zero-order chi connectivity index (χ0) is 12.0. The van der Waals surface area contributed by atoms with Gasteiger partial charge in [-0.25, -0.2) is 0 Å². The average Bonchev–Trinajstić information content (AvgIpc) is 2.51. The van der Waals surface area contributed by atoms with Crippen molar-refractivity contribution in [2.75, 3.05) is 31.1 Å². The highest BCUT2D eigenvalue weighted by atomic mass is 32.2. The summed E-state index contributed by atoms with van der Waals surface area (Å²) in [6.07, 6.45) is 1.30. The first-order valence-electron chi connectivity index (χ1n) is 6.70. The van der Waals surface area contributed by atoms with Gasteiger partial charge in [0, 0.05) is 24.4 Å². The van der Waals surface area contributed by atoms with Crippen LogP contribution in [0.4, 0.5) is 0 Å². The van der Waals surface area contributed by atoms with E-state index in [0.717, 1.165) is 12.0 Å². The Bertz CT molecular complexity index is 185. The number of thioether (sulfide) groups is 1. The van der Waals surface area contributed by atoms with Gasteiger partial charge in [0.1, 0.15) is 0 Å². The fourth-order valence-corrected chi connectivity index (χ4v) is 3.01. The Morgan fingerprint density at radius 2 is 2.12 bits per heavy atom. The van der Waals surface area contributed by atoms with E-state index >= 15 is 0 Å². The highest BCUT2D eigenvalue weighted by Crippen LogP contribution is 2.14. The molecule has 2 unspecified atom stereocenters. The Morgan fingerprint density at radius 3 is 2.75 bits per heavy atom. The van der Waals surface area contributed by atoms with Gasteiger partial charge in [-0.05, 0) is 38.1 Å². The molecule has 0 aromatic rings. The van der Waals surface area contributed by atoms with Crippen molar-refractivity contribution < 1.29 is 0 Å². The summed E-state index contributed by atoms with van der Waals surface area (Å²) in [5, 5.41) is 3.67. The second kappa shape index (κ2) is 7.57. The number of nitrogens with one attached hydrogen (secondary N) is 1. The number of nitrogens with zero attached hydrogens (tertiary/aromatic N) is 1. The van der Waals surface area contributed by atoms with E-state index in [2.05, 4.69) is 49.7 Å². The molecule has 0 bridgehead atoms. The molecule has 96 valence electrons. The van der Waals surface area contributed by atoms with Crippen LogP contribution in [-0.2, 0) is 0 Å². The Hall–Kier alpha value is 0.270. The molecule has 0 aromatic heterocycles. The second-order valence-corrected chi connectivity index (χ2v) is 6.48. The molecule has 2 nitrogen and oxygen atoms in total. The molecule has 1 heterocycles. The van der Waals surface area contributed by atoms with E-state index in [9.17, 15) is 0 Å². The van der Waals surface area contributed by atoms with Crippen molar-refractivity contribution in [2.45, 2.75) is 46.2 Å². The average molecular weight is 244 g/mol. The summed E-state index contributed by atoms with van der Waals surface area (Å²) in [5.41, 5.74) is 0. The molecule has 0 radical (unpaired) electrons. The van der Waals surface area contributed by atoms with Crippen molar-refractivity contribution in [3.05, 3.63) is 0 Å². The van der Waals surface area contributed by atoms with Crippen LogP contribution < -0.4 is 5.32 Å². The van der Waals surface area contributed by atoms with Crippen LogP contribution in [0.3, 0.4) is 0 Å². The lowest BCUT2D eigenvalue weighted by Crippen LogP contribution is -2.45. The Kier molecular flexibility index (Phi) is 6.78. The van der Waals surface area contributed by atoms with Gasteiger partial charge in [0.2, 0.25) is 0 Å². The molecule has 0 spiro atoms. The molecule has 1 aliphatic rings. The molecule has 0 saturated carbocycles. The Morgan fingerprint density at radius 1 is 1.38 bits per heavy atom. The summed E-state index contributed by atoms with van der Waals surface area (Å²) in [4.78, 5) is 2.67. The quantitative estimate of drug-likeness (QED) is 0.800. The molecule has 0 aromatic carbocycles. The normalized spacial score (nSPS) is 25.7. The number of hydrogen-bond acceptors (Lipinski definition) is 3. The monoisotopic (exact) mass is 244 g/mol. The smallest absolute Gasteiger partial charge is 0.0218 e. The van der Waals surface area contributed by atoms with Gasteiger partial charge in [-0.2, -0.15) is 11.8 Å². The van der Waals surface area contributed by atoms with Crippen molar-refractivity contribution in [3.8, 4) is 0 Å². The number of rotatable bonds is 5. The fourth-order valence-electron chi connectivity index (χ4n) is 2.22. The SMILES string of the molecule is CCSCC(C)N1CCCNC(C(C)C)C1. The van der Waals surface area contributed by atoms with Crippen LogP contribution in [0.1, 0.15) is 34.1 Å². The molecule has 1 aliphatic heterocycles. The van der Waals surface area contributed by atoms with E-state index in [4.69, 9.17) is 0 Å². The van der Waals surface area contributed by atoms with E-state index in [1.165, 1.54) is 37.6 Å². The van der Waals surface area contributed by atoms with Crippen LogP contribution in [0.5, 0.6) is 0 Å². The maximum atomic E-state index is 3.67. The molecule has 2 atom stereocenters. The van der Waals surface area contributed by atoms with Crippen LogP contribution in [-0.4, -0.2) is 48.1 Å². The molecule has 1 saturated heterocycles. The molecule has 3 heteroatoms. The van der Waals surface area contributed by atoms with Crippen molar-refractivity contribution in [1.82, 2.24) is 10.2 Å². The van der Waals surface area contributed by atoms with E-state index in [1.807, 2.05) is 0 Å². The summed E-state index contributed by atoms with van der Waals surface area (Å²) in [7, 11) is 0. The second-order valence-electron chi connectivity index (χ2n) is 5.16.